The second-order valence-electron chi connectivity index (χ2n) is 5.66. The summed E-state index contributed by atoms with van der Waals surface area (Å²) in [5.41, 5.74) is 2.59. The van der Waals surface area contributed by atoms with E-state index in [0.29, 0.717) is 5.69 Å². The molecule has 0 fully saturated rings. The van der Waals surface area contributed by atoms with E-state index in [-0.39, 0.29) is 11.3 Å². The summed E-state index contributed by atoms with van der Waals surface area (Å²) in [6.45, 7) is -2.94. The van der Waals surface area contributed by atoms with Crippen LogP contribution in [0.4, 0.5) is 14.5 Å². The molecule has 0 unspecified atom stereocenters. The number of benzene rings is 2. The van der Waals surface area contributed by atoms with Gasteiger partial charge < -0.3 is 10.1 Å². The zero-order valence-electron chi connectivity index (χ0n) is 13.8. The first-order valence-electron chi connectivity index (χ1n) is 7.97. The Morgan fingerprint density at radius 1 is 1.19 bits per heavy atom. The van der Waals surface area contributed by atoms with Crippen molar-refractivity contribution in [1.82, 2.24) is 9.38 Å². The molecule has 0 aliphatic carbocycles. The first-order chi connectivity index (χ1) is 13.1. The molecule has 2 aromatic carbocycles. The summed E-state index contributed by atoms with van der Waals surface area (Å²) in [6, 6.07) is 12.9. The number of carbonyl (C=O) groups excluding carboxylic acids is 1. The fourth-order valence-corrected chi connectivity index (χ4v) is 3.31. The number of carbonyl (C=O) groups is 1. The zero-order chi connectivity index (χ0) is 18.8. The molecule has 0 spiro atoms. The maximum absolute atomic E-state index is 12.3. The molecular weight excluding hydrogens is 372 g/mol. The molecule has 2 aromatic heterocycles. The predicted molar refractivity (Wildman–Crippen MR) is 99.5 cm³/mol. The first kappa shape index (κ1) is 17.2. The monoisotopic (exact) mass is 385 g/mol. The fraction of sp³-hybridized carbons (Fsp3) is 0.0526. The fourth-order valence-electron chi connectivity index (χ4n) is 2.61. The number of anilines is 1. The minimum absolute atomic E-state index is 0.0623. The number of fused-ring (bicyclic) bond motifs is 1. The summed E-state index contributed by atoms with van der Waals surface area (Å²) in [7, 11) is 0. The van der Waals surface area contributed by atoms with Gasteiger partial charge in [0, 0.05) is 34.6 Å². The lowest BCUT2D eigenvalue weighted by atomic mass is 10.1. The van der Waals surface area contributed by atoms with E-state index in [4.69, 9.17) is 0 Å². The molecule has 4 rings (SSSR count). The van der Waals surface area contributed by atoms with Gasteiger partial charge in [-0.1, -0.05) is 18.2 Å². The number of nitrogens with one attached hydrogen (secondary N) is 1. The quantitative estimate of drug-likeness (QED) is 0.531. The molecule has 136 valence electrons. The van der Waals surface area contributed by atoms with Crippen molar-refractivity contribution in [3.63, 3.8) is 0 Å². The highest BCUT2D eigenvalue weighted by atomic mass is 32.1. The van der Waals surface area contributed by atoms with Crippen LogP contribution >= 0.6 is 11.3 Å². The van der Waals surface area contributed by atoms with Gasteiger partial charge in [-0.15, -0.1) is 11.3 Å². The van der Waals surface area contributed by atoms with E-state index in [9.17, 15) is 13.6 Å². The normalized spacial score (nSPS) is 11.1. The molecule has 8 heteroatoms. The Kier molecular flexibility index (Phi) is 4.55. The van der Waals surface area contributed by atoms with Crippen LogP contribution in [0, 0.1) is 0 Å². The number of ether oxygens (including phenoxy) is 1. The van der Waals surface area contributed by atoms with E-state index < -0.39 is 12.5 Å². The largest absolute Gasteiger partial charge is 0.435 e. The Morgan fingerprint density at radius 2 is 2.00 bits per heavy atom. The van der Waals surface area contributed by atoms with Crippen LogP contribution in [0.2, 0.25) is 0 Å². The zero-order valence-corrected chi connectivity index (χ0v) is 14.6. The lowest BCUT2D eigenvalue weighted by molar-refractivity contribution is -0.0498. The number of hydrogen-bond acceptors (Lipinski definition) is 4. The highest BCUT2D eigenvalue weighted by molar-refractivity contribution is 7.15. The minimum atomic E-state index is -2.94. The summed E-state index contributed by atoms with van der Waals surface area (Å²) < 4.78 is 30.9. The van der Waals surface area contributed by atoms with Crippen molar-refractivity contribution >= 4 is 27.9 Å². The van der Waals surface area contributed by atoms with Gasteiger partial charge in [-0.25, -0.2) is 4.98 Å². The molecular formula is C19H13F2N3O2S. The molecule has 1 amide bonds. The van der Waals surface area contributed by atoms with E-state index in [1.807, 2.05) is 34.3 Å². The smallest absolute Gasteiger partial charge is 0.387 e. The Balaban J connectivity index is 1.48. The van der Waals surface area contributed by atoms with Crippen LogP contribution in [0.15, 0.2) is 66.3 Å². The highest BCUT2D eigenvalue weighted by Crippen LogP contribution is 2.23. The Morgan fingerprint density at radius 3 is 2.74 bits per heavy atom. The van der Waals surface area contributed by atoms with Crippen LogP contribution in [0.1, 0.15) is 10.4 Å². The van der Waals surface area contributed by atoms with Crippen molar-refractivity contribution < 1.29 is 18.3 Å². The van der Waals surface area contributed by atoms with Crippen molar-refractivity contribution in [3.8, 4) is 17.0 Å². The SMILES string of the molecule is O=C(Nc1ccc(-c2cn3ccsc3n2)cc1)c1cccc(OC(F)F)c1. The number of halogens is 2. The molecule has 0 saturated heterocycles. The average molecular weight is 385 g/mol. The third-order valence-corrected chi connectivity index (χ3v) is 4.62. The van der Waals surface area contributed by atoms with Crippen molar-refractivity contribution in [2.24, 2.45) is 0 Å². The number of hydrogen-bond donors (Lipinski definition) is 1. The number of nitrogens with zero attached hydrogens (tertiary/aromatic N) is 2. The summed E-state index contributed by atoms with van der Waals surface area (Å²) in [4.78, 5) is 17.8. The maximum Gasteiger partial charge on any atom is 0.387 e. The van der Waals surface area contributed by atoms with Gasteiger partial charge in [0.05, 0.1) is 5.69 Å². The molecule has 0 aliphatic heterocycles. The van der Waals surface area contributed by atoms with Crippen LogP contribution in [-0.4, -0.2) is 21.9 Å². The second kappa shape index (κ2) is 7.16. The number of aromatic nitrogens is 2. The van der Waals surface area contributed by atoms with Crippen LogP contribution < -0.4 is 10.1 Å². The van der Waals surface area contributed by atoms with E-state index in [1.54, 1.807) is 23.5 Å². The summed E-state index contributed by atoms with van der Waals surface area (Å²) in [6.07, 6.45) is 3.88. The second-order valence-corrected chi connectivity index (χ2v) is 6.53. The number of thiazole rings is 1. The lowest BCUT2D eigenvalue weighted by Gasteiger charge is -2.08. The molecule has 0 bridgehead atoms. The Bertz CT molecular complexity index is 1060. The van der Waals surface area contributed by atoms with Gasteiger partial charge in [0.15, 0.2) is 4.96 Å². The molecule has 5 nitrogen and oxygen atoms in total. The van der Waals surface area contributed by atoms with Crippen molar-refractivity contribution in [1.29, 1.82) is 0 Å². The van der Waals surface area contributed by atoms with Gasteiger partial charge in [0.1, 0.15) is 5.75 Å². The number of imidazole rings is 1. The molecule has 1 N–H and O–H groups in total. The standard InChI is InChI=1S/C19H13F2N3O2S/c20-18(21)26-15-3-1-2-13(10-15)17(25)22-14-6-4-12(5-7-14)16-11-24-8-9-27-19(24)23-16/h1-11,18H,(H,22,25). The Hall–Kier alpha value is -3.26. The lowest BCUT2D eigenvalue weighted by Crippen LogP contribution is -2.12. The van der Waals surface area contributed by atoms with E-state index in [2.05, 4.69) is 15.0 Å². The molecule has 2 heterocycles. The van der Waals surface area contributed by atoms with Crippen molar-refractivity contribution in [2.75, 3.05) is 5.32 Å². The molecule has 0 radical (unpaired) electrons. The van der Waals surface area contributed by atoms with Crippen LogP contribution in [-0.2, 0) is 0 Å². The van der Waals surface area contributed by atoms with Gasteiger partial charge in [0.2, 0.25) is 0 Å². The summed E-state index contributed by atoms with van der Waals surface area (Å²) in [5, 5.41) is 4.70. The maximum atomic E-state index is 12.3. The molecule has 4 aromatic rings. The van der Waals surface area contributed by atoms with Crippen molar-refractivity contribution in [2.45, 2.75) is 6.61 Å². The van der Waals surface area contributed by atoms with E-state index >= 15 is 0 Å². The summed E-state index contributed by atoms with van der Waals surface area (Å²) in [5.74, 6) is -0.474. The summed E-state index contributed by atoms with van der Waals surface area (Å²) >= 11 is 1.55. The van der Waals surface area contributed by atoms with E-state index in [0.717, 1.165) is 16.2 Å². The molecule has 0 saturated carbocycles. The highest BCUT2D eigenvalue weighted by Gasteiger charge is 2.11. The van der Waals surface area contributed by atoms with Crippen LogP contribution in [0.5, 0.6) is 5.75 Å². The van der Waals surface area contributed by atoms with Crippen molar-refractivity contribution in [3.05, 3.63) is 71.9 Å². The van der Waals surface area contributed by atoms with Gasteiger partial charge in [-0.2, -0.15) is 8.78 Å². The molecule has 27 heavy (non-hydrogen) atoms. The molecule has 0 aliphatic rings. The number of amides is 1. The third kappa shape index (κ3) is 3.80. The van der Waals surface area contributed by atoms with E-state index in [1.165, 1.54) is 24.3 Å². The Labute approximate surface area is 156 Å². The third-order valence-electron chi connectivity index (χ3n) is 3.85. The van der Waals surface area contributed by atoms with Gasteiger partial charge >= 0.3 is 6.61 Å². The first-order valence-corrected chi connectivity index (χ1v) is 8.85. The van der Waals surface area contributed by atoms with Gasteiger partial charge in [0.25, 0.3) is 5.91 Å². The van der Waals surface area contributed by atoms with Gasteiger partial charge in [-0.05, 0) is 30.3 Å². The minimum Gasteiger partial charge on any atom is -0.435 e. The number of alkyl halides is 2. The predicted octanol–water partition coefficient (Wildman–Crippen LogP) is 4.92. The van der Waals surface area contributed by atoms with Crippen LogP contribution in [0.25, 0.3) is 16.2 Å². The number of rotatable bonds is 5. The average Bonchev–Trinajstić information content (AvgIpc) is 3.24. The topological polar surface area (TPSA) is 55.6 Å². The van der Waals surface area contributed by atoms with Crippen LogP contribution in [0.3, 0.4) is 0 Å². The van der Waals surface area contributed by atoms with Gasteiger partial charge in [-0.3, -0.25) is 9.20 Å². The molecule has 0 atom stereocenters.